The normalized spacial score (nSPS) is 17.6. The van der Waals surface area contributed by atoms with E-state index in [9.17, 15) is 14.4 Å². The minimum Gasteiger partial charge on any atom is -0.366 e. The number of amides is 3. The standard InChI is InChI=1S/C17H19N5O3/c18-16(25)12-5-11-6-13(10-1-2-10)22(17(11)20-7-12)9-15(24)21-4-3-19-14(23)8-21/h5-7,10H,1-4,8-9H2,(H2,18,25)(H,19,23). The number of nitrogens with one attached hydrogen (secondary N) is 1. The topological polar surface area (TPSA) is 110 Å². The van der Waals surface area contributed by atoms with Gasteiger partial charge in [-0.05, 0) is 30.9 Å². The van der Waals surface area contributed by atoms with Gasteiger partial charge in [-0.15, -0.1) is 0 Å². The average molecular weight is 341 g/mol. The number of carbonyl (C=O) groups is 3. The summed E-state index contributed by atoms with van der Waals surface area (Å²) in [5.41, 5.74) is 7.40. The third-order valence-electron chi connectivity index (χ3n) is 4.73. The Morgan fingerprint density at radius 2 is 2.12 bits per heavy atom. The fourth-order valence-electron chi connectivity index (χ4n) is 3.27. The van der Waals surface area contributed by atoms with Gasteiger partial charge in [-0.2, -0.15) is 0 Å². The van der Waals surface area contributed by atoms with Crippen molar-refractivity contribution in [1.82, 2.24) is 19.8 Å². The van der Waals surface area contributed by atoms with Gasteiger partial charge >= 0.3 is 0 Å². The van der Waals surface area contributed by atoms with Crippen LogP contribution in [0.5, 0.6) is 0 Å². The molecule has 8 heteroatoms. The smallest absolute Gasteiger partial charge is 0.250 e. The predicted molar refractivity (Wildman–Crippen MR) is 89.8 cm³/mol. The maximum absolute atomic E-state index is 12.6. The summed E-state index contributed by atoms with van der Waals surface area (Å²) >= 11 is 0. The van der Waals surface area contributed by atoms with Crippen molar-refractivity contribution in [2.75, 3.05) is 19.6 Å². The lowest BCUT2D eigenvalue weighted by Gasteiger charge is -2.27. The van der Waals surface area contributed by atoms with Crippen LogP contribution in [0.25, 0.3) is 11.0 Å². The SMILES string of the molecule is NC(=O)c1cnc2c(c1)cc(C1CC1)n2CC(=O)N1CCNC(=O)C1. The number of rotatable bonds is 4. The molecule has 1 saturated carbocycles. The lowest BCUT2D eigenvalue weighted by atomic mass is 10.2. The van der Waals surface area contributed by atoms with Crippen LogP contribution in [-0.2, 0) is 16.1 Å². The molecule has 2 fully saturated rings. The summed E-state index contributed by atoms with van der Waals surface area (Å²) < 4.78 is 1.91. The van der Waals surface area contributed by atoms with Gasteiger partial charge in [0.2, 0.25) is 17.7 Å². The Kier molecular flexibility index (Phi) is 3.67. The highest BCUT2D eigenvalue weighted by Crippen LogP contribution is 2.42. The first kappa shape index (κ1) is 15.6. The zero-order chi connectivity index (χ0) is 17.6. The summed E-state index contributed by atoms with van der Waals surface area (Å²) in [6.45, 7) is 1.23. The Hall–Kier alpha value is -2.90. The number of fused-ring (bicyclic) bond motifs is 1. The molecular weight excluding hydrogens is 322 g/mol. The van der Waals surface area contributed by atoms with Crippen LogP contribution in [0.1, 0.15) is 34.8 Å². The van der Waals surface area contributed by atoms with Gasteiger partial charge in [-0.25, -0.2) is 4.98 Å². The van der Waals surface area contributed by atoms with E-state index in [1.807, 2.05) is 10.6 Å². The fourth-order valence-corrected chi connectivity index (χ4v) is 3.27. The largest absolute Gasteiger partial charge is 0.366 e. The maximum Gasteiger partial charge on any atom is 0.250 e. The van der Waals surface area contributed by atoms with Crippen molar-refractivity contribution in [3.05, 3.63) is 29.6 Å². The molecule has 3 amide bonds. The first-order chi connectivity index (χ1) is 12.0. The van der Waals surface area contributed by atoms with Crippen molar-refractivity contribution >= 4 is 28.8 Å². The van der Waals surface area contributed by atoms with E-state index in [1.165, 1.54) is 6.20 Å². The van der Waals surface area contributed by atoms with E-state index in [0.29, 0.717) is 30.2 Å². The van der Waals surface area contributed by atoms with Crippen LogP contribution in [0.3, 0.4) is 0 Å². The van der Waals surface area contributed by atoms with Crippen LogP contribution in [-0.4, -0.2) is 51.8 Å². The maximum atomic E-state index is 12.6. The molecule has 4 rings (SSSR count). The molecule has 2 aromatic rings. The molecule has 0 unspecified atom stereocenters. The first-order valence-corrected chi connectivity index (χ1v) is 8.36. The molecule has 2 aliphatic rings. The summed E-state index contributed by atoms with van der Waals surface area (Å²) in [7, 11) is 0. The van der Waals surface area contributed by atoms with Gasteiger partial charge in [0, 0.05) is 30.4 Å². The summed E-state index contributed by atoms with van der Waals surface area (Å²) in [6.07, 6.45) is 3.61. The van der Waals surface area contributed by atoms with Crippen molar-refractivity contribution in [2.45, 2.75) is 25.3 Å². The number of nitrogens with zero attached hydrogens (tertiary/aromatic N) is 3. The highest BCUT2D eigenvalue weighted by Gasteiger charge is 2.30. The van der Waals surface area contributed by atoms with E-state index in [2.05, 4.69) is 10.3 Å². The molecule has 0 aromatic carbocycles. The van der Waals surface area contributed by atoms with E-state index in [4.69, 9.17) is 5.73 Å². The highest BCUT2D eigenvalue weighted by atomic mass is 16.2. The lowest BCUT2D eigenvalue weighted by molar-refractivity contribution is -0.138. The van der Waals surface area contributed by atoms with Gasteiger partial charge in [0.05, 0.1) is 12.1 Å². The van der Waals surface area contributed by atoms with Crippen LogP contribution in [0.15, 0.2) is 18.3 Å². The number of aromatic nitrogens is 2. The Labute approximate surface area is 144 Å². The van der Waals surface area contributed by atoms with E-state index in [1.54, 1.807) is 11.0 Å². The number of carbonyl (C=O) groups excluding carboxylic acids is 3. The number of pyridine rings is 1. The van der Waals surface area contributed by atoms with Crippen LogP contribution in [0, 0.1) is 0 Å². The number of hydrogen-bond donors (Lipinski definition) is 2. The van der Waals surface area contributed by atoms with E-state index in [-0.39, 0.29) is 24.9 Å². The molecule has 0 spiro atoms. The molecule has 1 aliphatic heterocycles. The van der Waals surface area contributed by atoms with E-state index in [0.717, 1.165) is 23.9 Å². The number of hydrogen-bond acceptors (Lipinski definition) is 4. The number of nitrogens with two attached hydrogens (primary N) is 1. The minimum atomic E-state index is -0.523. The Morgan fingerprint density at radius 1 is 1.32 bits per heavy atom. The molecule has 0 radical (unpaired) electrons. The molecule has 2 aromatic heterocycles. The number of primary amides is 1. The zero-order valence-electron chi connectivity index (χ0n) is 13.7. The minimum absolute atomic E-state index is 0.0933. The van der Waals surface area contributed by atoms with Gasteiger partial charge < -0.3 is 20.5 Å². The van der Waals surface area contributed by atoms with Crippen molar-refractivity contribution < 1.29 is 14.4 Å². The quantitative estimate of drug-likeness (QED) is 0.813. The third kappa shape index (κ3) is 2.95. The molecular formula is C17H19N5O3. The molecule has 0 bridgehead atoms. The predicted octanol–water partition coefficient (Wildman–Crippen LogP) is -0.0290. The zero-order valence-corrected chi connectivity index (χ0v) is 13.7. The summed E-state index contributed by atoms with van der Waals surface area (Å²) in [5, 5.41) is 3.52. The van der Waals surface area contributed by atoms with Gasteiger partial charge in [0.25, 0.3) is 0 Å². The van der Waals surface area contributed by atoms with Crippen molar-refractivity contribution in [3.63, 3.8) is 0 Å². The molecule has 130 valence electrons. The second-order valence-corrected chi connectivity index (χ2v) is 6.60. The summed E-state index contributed by atoms with van der Waals surface area (Å²) in [5.74, 6) is -0.340. The van der Waals surface area contributed by atoms with Gasteiger partial charge in [-0.1, -0.05) is 0 Å². The van der Waals surface area contributed by atoms with Crippen LogP contribution in [0.4, 0.5) is 0 Å². The molecule has 3 N–H and O–H groups in total. The summed E-state index contributed by atoms with van der Waals surface area (Å²) in [4.78, 5) is 41.5. The van der Waals surface area contributed by atoms with Crippen molar-refractivity contribution in [2.24, 2.45) is 5.73 Å². The molecule has 1 aliphatic carbocycles. The first-order valence-electron chi connectivity index (χ1n) is 8.36. The van der Waals surface area contributed by atoms with E-state index >= 15 is 0 Å². The van der Waals surface area contributed by atoms with Crippen LogP contribution >= 0.6 is 0 Å². The Morgan fingerprint density at radius 3 is 2.80 bits per heavy atom. The average Bonchev–Trinajstić information content (AvgIpc) is 3.37. The molecule has 8 nitrogen and oxygen atoms in total. The molecule has 1 saturated heterocycles. The second-order valence-electron chi connectivity index (χ2n) is 6.60. The third-order valence-corrected chi connectivity index (χ3v) is 4.73. The van der Waals surface area contributed by atoms with Crippen LogP contribution < -0.4 is 11.1 Å². The monoisotopic (exact) mass is 341 g/mol. The van der Waals surface area contributed by atoms with E-state index < -0.39 is 5.91 Å². The Bertz CT molecular complexity index is 884. The summed E-state index contributed by atoms with van der Waals surface area (Å²) in [6, 6.07) is 3.70. The van der Waals surface area contributed by atoms with Crippen LogP contribution in [0.2, 0.25) is 0 Å². The van der Waals surface area contributed by atoms with Gasteiger partial charge in [0.15, 0.2) is 0 Å². The van der Waals surface area contributed by atoms with Gasteiger partial charge in [-0.3, -0.25) is 14.4 Å². The van der Waals surface area contributed by atoms with Gasteiger partial charge in [0.1, 0.15) is 12.2 Å². The second kappa shape index (κ2) is 5.87. The van der Waals surface area contributed by atoms with Crippen molar-refractivity contribution in [3.8, 4) is 0 Å². The fraction of sp³-hybridized carbons (Fsp3) is 0.412. The molecule has 0 atom stereocenters. The molecule has 25 heavy (non-hydrogen) atoms. The lowest BCUT2D eigenvalue weighted by Crippen LogP contribution is -2.50. The molecule has 3 heterocycles. The number of piperazine rings is 1. The van der Waals surface area contributed by atoms with Crippen molar-refractivity contribution in [1.29, 1.82) is 0 Å². The highest BCUT2D eigenvalue weighted by molar-refractivity contribution is 5.96. The Balaban J connectivity index is 1.67.